The Balaban J connectivity index is 0.000000165. The van der Waals surface area contributed by atoms with Crippen LogP contribution in [0.15, 0.2) is 92.0 Å². The van der Waals surface area contributed by atoms with Crippen LogP contribution in [-0.4, -0.2) is 68.2 Å². The number of benzene rings is 2. The predicted octanol–water partition coefficient (Wildman–Crippen LogP) is 7.97. The van der Waals surface area contributed by atoms with Crippen LogP contribution in [0.2, 0.25) is 0 Å². The highest BCUT2D eigenvalue weighted by Gasteiger charge is 2.24. The van der Waals surface area contributed by atoms with E-state index in [2.05, 4.69) is 103 Å². The summed E-state index contributed by atoms with van der Waals surface area (Å²) in [5, 5.41) is 0. The summed E-state index contributed by atoms with van der Waals surface area (Å²) in [6, 6.07) is 20.0. The van der Waals surface area contributed by atoms with E-state index < -0.39 is 0 Å². The Morgan fingerprint density at radius 1 is 0.638 bits per heavy atom. The van der Waals surface area contributed by atoms with Crippen LogP contribution in [0.1, 0.15) is 80.9 Å². The van der Waals surface area contributed by atoms with Gasteiger partial charge in [0, 0.05) is 44.4 Å². The Hall–Kier alpha value is -3.22. The molecule has 0 radical (unpaired) electrons. The van der Waals surface area contributed by atoms with Crippen LogP contribution < -0.4 is 0 Å². The fraction of sp³-hybridized carbons (Fsp3) is 0.561. The van der Waals surface area contributed by atoms with E-state index in [4.69, 9.17) is 0 Å². The smallest absolute Gasteiger partial charge is 0.0945 e. The number of fused-ring (bicyclic) bond motifs is 1. The van der Waals surface area contributed by atoms with E-state index in [0.717, 1.165) is 30.8 Å². The topological polar surface area (TPSA) is 42.1 Å². The number of piperidine rings is 2. The van der Waals surface area contributed by atoms with Crippen molar-refractivity contribution in [3.05, 3.63) is 109 Å². The van der Waals surface area contributed by atoms with Crippen molar-refractivity contribution < 1.29 is 0 Å². The van der Waals surface area contributed by atoms with Gasteiger partial charge in [-0.05, 0) is 137 Å². The predicted molar refractivity (Wildman–Crippen MR) is 193 cm³/mol. The Kier molecular flexibility index (Phi) is 12.7. The van der Waals surface area contributed by atoms with Gasteiger partial charge in [-0.3, -0.25) is 0 Å². The molecule has 2 fully saturated rings. The van der Waals surface area contributed by atoms with Gasteiger partial charge in [0.2, 0.25) is 0 Å². The largest absolute Gasteiger partial charge is 0.337 e. The van der Waals surface area contributed by atoms with Crippen molar-refractivity contribution in [2.75, 3.05) is 39.3 Å². The molecule has 2 saturated heterocycles. The Morgan fingerprint density at radius 2 is 1.21 bits per heavy atom. The van der Waals surface area contributed by atoms with Crippen LogP contribution >= 0.6 is 0 Å². The molecule has 0 amide bonds. The molecular weight excluding hydrogens is 576 g/mol. The SMILES string of the molecule is CC(CCN1CCC(CCn2ccnc2)CC1)c1ccccc1.c1ccc2c(c1)CCC(CN1CCC(CCn3ccnc3)CC1)C2. The van der Waals surface area contributed by atoms with Crippen molar-refractivity contribution in [3.63, 3.8) is 0 Å². The highest BCUT2D eigenvalue weighted by molar-refractivity contribution is 5.29. The second-order valence-corrected chi connectivity index (χ2v) is 14.7. The molecule has 2 aliphatic heterocycles. The van der Waals surface area contributed by atoms with Crippen molar-refractivity contribution >= 4 is 0 Å². The molecule has 0 spiro atoms. The monoisotopic (exact) mass is 634 g/mol. The molecule has 2 aromatic carbocycles. The number of aromatic nitrogens is 4. The highest BCUT2D eigenvalue weighted by atomic mass is 15.1. The van der Waals surface area contributed by atoms with Gasteiger partial charge >= 0.3 is 0 Å². The molecule has 2 unspecified atom stereocenters. The number of rotatable bonds is 12. The molecule has 4 heterocycles. The summed E-state index contributed by atoms with van der Waals surface area (Å²) in [6.45, 7) is 12.3. The molecule has 6 heteroatoms. The summed E-state index contributed by atoms with van der Waals surface area (Å²) in [5.74, 6) is 3.31. The minimum atomic E-state index is 0.662. The molecule has 3 aliphatic rings. The van der Waals surface area contributed by atoms with E-state index in [9.17, 15) is 0 Å². The molecule has 47 heavy (non-hydrogen) atoms. The molecule has 252 valence electrons. The Bertz CT molecular complexity index is 1380. The van der Waals surface area contributed by atoms with Gasteiger partial charge in [-0.2, -0.15) is 0 Å². The van der Waals surface area contributed by atoms with E-state index in [1.165, 1.54) is 109 Å². The number of nitrogens with zero attached hydrogens (tertiary/aromatic N) is 6. The molecule has 2 atom stereocenters. The molecule has 7 rings (SSSR count). The van der Waals surface area contributed by atoms with Crippen molar-refractivity contribution in [1.29, 1.82) is 0 Å². The van der Waals surface area contributed by atoms with Gasteiger partial charge in [0.25, 0.3) is 0 Å². The van der Waals surface area contributed by atoms with Gasteiger partial charge in [-0.15, -0.1) is 0 Å². The summed E-state index contributed by atoms with van der Waals surface area (Å²) < 4.78 is 4.42. The Morgan fingerprint density at radius 3 is 1.81 bits per heavy atom. The third-order valence-electron chi connectivity index (χ3n) is 11.3. The van der Waals surface area contributed by atoms with Crippen LogP contribution in [0.4, 0.5) is 0 Å². The molecule has 1 aliphatic carbocycles. The van der Waals surface area contributed by atoms with E-state index in [1.807, 2.05) is 25.0 Å². The lowest BCUT2D eigenvalue weighted by molar-refractivity contribution is 0.149. The molecule has 0 bridgehead atoms. The zero-order chi connectivity index (χ0) is 32.1. The zero-order valence-corrected chi connectivity index (χ0v) is 28.9. The van der Waals surface area contributed by atoms with Crippen molar-refractivity contribution in [3.8, 4) is 0 Å². The van der Waals surface area contributed by atoms with Gasteiger partial charge in [0.1, 0.15) is 0 Å². The summed E-state index contributed by atoms with van der Waals surface area (Å²) in [6.07, 6.45) is 25.0. The second-order valence-electron chi connectivity index (χ2n) is 14.7. The van der Waals surface area contributed by atoms with Crippen molar-refractivity contribution in [2.45, 2.75) is 90.1 Å². The number of aryl methyl sites for hydroxylation is 3. The molecule has 2 aromatic heterocycles. The van der Waals surface area contributed by atoms with E-state index in [-0.39, 0.29) is 0 Å². The number of hydrogen-bond acceptors (Lipinski definition) is 4. The number of likely N-dealkylation sites (tertiary alicyclic amines) is 2. The average molecular weight is 635 g/mol. The quantitative estimate of drug-likeness (QED) is 0.159. The average Bonchev–Trinajstić information content (AvgIpc) is 3.86. The molecular formula is C41H58N6. The van der Waals surface area contributed by atoms with Crippen LogP contribution in [0, 0.1) is 17.8 Å². The van der Waals surface area contributed by atoms with E-state index >= 15 is 0 Å². The Labute approximate surface area is 284 Å². The van der Waals surface area contributed by atoms with E-state index in [1.54, 1.807) is 11.1 Å². The van der Waals surface area contributed by atoms with Crippen LogP contribution in [0.5, 0.6) is 0 Å². The fourth-order valence-corrected chi connectivity index (χ4v) is 8.08. The summed E-state index contributed by atoms with van der Waals surface area (Å²) in [5.41, 5.74) is 4.67. The minimum absolute atomic E-state index is 0.662. The van der Waals surface area contributed by atoms with Crippen molar-refractivity contribution in [2.24, 2.45) is 17.8 Å². The lowest BCUT2D eigenvalue weighted by Crippen LogP contribution is -2.38. The standard InChI is InChI=1S/C21H29N3.C20H29N3/c1-2-4-21-15-19(5-6-20(21)3-1)16-23-11-7-18(8-12-23)9-13-24-14-10-22-17-24;1-18(20-5-3-2-4-6-20)7-12-22-13-8-19(9-14-22)10-15-23-16-11-21-17-23/h1-4,10,14,17-19H,5-9,11-13,15-16H2;2-6,11,16-19H,7-10,12-15H2,1H3. The maximum atomic E-state index is 4.13. The summed E-state index contributed by atoms with van der Waals surface area (Å²) >= 11 is 0. The second kappa shape index (κ2) is 17.8. The van der Waals surface area contributed by atoms with E-state index in [0.29, 0.717) is 5.92 Å². The van der Waals surface area contributed by atoms with Gasteiger partial charge in [0.15, 0.2) is 0 Å². The lowest BCUT2D eigenvalue weighted by Gasteiger charge is -2.35. The van der Waals surface area contributed by atoms with Crippen molar-refractivity contribution in [1.82, 2.24) is 28.9 Å². The van der Waals surface area contributed by atoms with Gasteiger partial charge in [-0.25, -0.2) is 9.97 Å². The highest BCUT2D eigenvalue weighted by Crippen LogP contribution is 2.28. The van der Waals surface area contributed by atoms with Crippen LogP contribution in [-0.2, 0) is 25.9 Å². The summed E-state index contributed by atoms with van der Waals surface area (Å²) in [4.78, 5) is 13.6. The first-order valence-electron chi connectivity index (χ1n) is 18.7. The lowest BCUT2D eigenvalue weighted by atomic mass is 9.83. The third kappa shape index (κ3) is 10.6. The molecule has 4 aromatic rings. The molecule has 0 N–H and O–H groups in total. The van der Waals surface area contributed by atoms with Gasteiger partial charge in [0.05, 0.1) is 12.7 Å². The first-order valence-corrected chi connectivity index (χ1v) is 18.7. The number of imidazole rings is 2. The maximum absolute atomic E-state index is 4.13. The molecule has 0 saturated carbocycles. The third-order valence-corrected chi connectivity index (χ3v) is 11.3. The molecule has 6 nitrogen and oxygen atoms in total. The van der Waals surface area contributed by atoms with Crippen LogP contribution in [0.25, 0.3) is 0 Å². The first kappa shape index (κ1) is 33.7. The van der Waals surface area contributed by atoms with Crippen LogP contribution in [0.3, 0.4) is 0 Å². The normalized spacial score (nSPS) is 20.3. The fourth-order valence-electron chi connectivity index (χ4n) is 8.08. The summed E-state index contributed by atoms with van der Waals surface area (Å²) in [7, 11) is 0. The van der Waals surface area contributed by atoms with Gasteiger partial charge in [-0.1, -0.05) is 61.5 Å². The van der Waals surface area contributed by atoms with Gasteiger partial charge < -0.3 is 18.9 Å². The number of hydrogen-bond donors (Lipinski definition) is 0. The minimum Gasteiger partial charge on any atom is -0.337 e. The first-order chi connectivity index (χ1) is 23.2. The zero-order valence-electron chi connectivity index (χ0n) is 28.9. The maximum Gasteiger partial charge on any atom is 0.0945 e.